The first-order valence-electron chi connectivity index (χ1n) is 7.75. The van der Waals surface area contributed by atoms with Crippen molar-refractivity contribution in [2.45, 2.75) is 12.8 Å². The van der Waals surface area contributed by atoms with Gasteiger partial charge >= 0.3 is 0 Å². The van der Waals surface area contributed by atoms with Crippen molar-refractivity contribution in [2.24, 2.45) is 0 Å². The molecule has 3 nitrogen and oxygen atoms in total. The van der Waals surface area contributed by atoms with Gasteiger partial charge in [-0.1, -0.05) is 35.9 Å². The Morgan fingerprint density at radius 1 is 0.875 bits per heavy atom. The quantitative estimate of drug-likeness (QED) is 0.714. The number of carbonyl (C=O) groups is 1. The van der Waals surface area contributed by atoms with Crippen LogP contribution in [0.25, 0.3) is 11.1 Å². The molecule has 120 valence electrons. The second-order valence-corrected chi connectivity index (χ2v) is 5.92. The predicted molar refractivity (Wildman–Crippen MR) is 98.1 cm³/mol. The predicted octanol–water partition coefficient (Wildman–Crippen LogP) is 4.97. The van der Waals surface area contributed by atoms with Crippen molar-refractivity contribution >= 4 is 23.2 Å². The maximum atomic E-state index is 12.1. The van der Waals surface area contributed by atoms with Gasteiger partial charge in [0.1, 0.15) is 0 Å². The summed E-state index contributed by atoms with van der Waals surface area (Å²) in [4.78, 5) is 16.1. The summed E-state index contributed by atoms with van der Waals surface area (Å²) in [7, 11) is 0. The highest BCUT2D eigenvalue weighted by molar-refractivity contribution is 6.30. The lowest BCUT2D eigenvalue weighted by Crippen LogP contribution is -2.12. The van der Waals surface area contributed by atoms with Gasteiger partial charge < -0.3 is 5.32 Å². The third-order valence-corrected chi connectivity index (χ3v) is 3.99. The molecule has 1 aromatic heterocycles. The Kier molecular flexibility index (Phi) is 5.24. The van der Waals surface area contributed by atoms with Gasteiger partial charge in [0.15, 0.2) is 0 Å². The number of hydrogen-bond donors (Lipinski definition) is 1. The van der Waals surface area contributed by atoms with Gasteiger partial charge in [0, 0.05) is 29.5 Å². The highest BCUT2D eigenvalue weighted by Gasteiger charge is 2.04. The Morgan fingerprint density at radius 3 is 2.17 bits per heavy atom. The minimum atomic E-state index is 0.00149. The Labute approximate surface area is 146 Å². The summed E-state index contributed by atoms with van der Waals surface area (Å²) in [6.45, 7) is 0. The molecule has 1 amide bonds. The Morgan fingerprint density at radius 2 is 1.50 bits per heavy atom. The Hall–Kier alpha value is -2.65. The van der Waals surface area contributed by atoms with Gasteiger partial charge in [-0.25, -0.2) is 0 Å². The SMILES string of the molecule is O=C(CCc1ccc(Cl)cc1)Nc1ccc(-c2ccncc2)cc1. The number of aromatic nitrogens is 1. The number of anilines is 1. The Bertz CT molecular complexity index is 799. The van der Waals surface area contributed by atoms with Crippen LogP contribution in [0.4, 0.5) is 5.69 Å². The van der Waals surface area contributed by atoms with Crippen molar-refractivity contribution in [1.29, 1.82) is 0 Å². The third kappa shape index (κ3) is 4.43. The van der Waals surface area contributed by atoms with Crippen molar-refractivity contribution in [3.8, 4) is 11.1 Å². The van der Waals surface area contributed by atoms with E-state index in [1.807, 2.05) is 60.7 Å². The summed E-state index contributed by atoms with van der Waals surface area (Å²) in [5, 5.41) is 3.63. The standard InChI is InChI=1S/C20H17ClN2O/c21-18-6-1-15(2-7-18)3-10-20(24)23-19-8-4-16(5-9-19)17-11-13-22-14-12-17/h1-2,4-9,11-14H,3,10H2,(H,23,24). The van der Waals surface area contributed by atoms with E-state index in [1.54, 1.807) is 12.4 Å². The molecule has 0 radical (unpaired) electrons. The number of benzene rings is 2. The fraction of sp³-hybridized carbons (Fsp3) is 0.100. The number of halogens is 1. The second-order valence-electron chi connectivity index (χ2n) is 5.49. The van der Waals surface area contributed by atoms with E-state index in [4.69, 9.17) is 11.6 Å². The van der Waals surface area contributed by atoms with Crippen LogP contribution in [0.3, 0.4) is 0 Å². The number of nitrogens with one attached hydrogen (secondary N) is 1. The number of amides is 1. The first-order valence-corrected chi connectivity index (χ1v) is 8.13. The van der Waals surface area contributed by atoms with Crippen LogP contribution in [0.1, 0.15) is 12.0 Å². The van der Waals surface area contributed by atoms with Crippen LogP contribution >= 0.6 is 11.6 Å². The van der Waals surface area contributed by atoms with Gasteiger partial charge in [-0.2, -0.15) is 0 Å². The van der Waals surface area contributed by atoms with Crippen molar-refractivity contribution < 1.29 is 4.79 Å². The van der Waals surface area contributed by atoms with Crippen molar-refractivity contribution in [3.05, 3.63) is 83.6 Å². The van der Waals surface area contributed by atoms with Crippen LogP contribution in [-0.2, 0) is 11.2 Å². The molecule has 4 heteroatoms. The molecule has 0 spiro atoms. The van der Waals surface area contributed by atoms with Crippen LogP contribution in [0, 0.1) is 0 Å². The maximum Gasteiger partial charge on any atom is 0.224 e. The molecule has 2 aromatic carbocycles. The lowest BCUT2D eigenvalue weighted by molar-refractivity contribution is -0.116. The zero-order chi connectivity index (χ0) is 16.8. The molecule has 0 saturated carbocycles. The molecule has 3 aromatic rings. The van der Waals surface area contributed by atoms with Gasteiger partial charge in [-0.15, -0.1) is 0 Å². The molecule has 0 aliphatic heterocycles. The van der Waals surface area contributed by atoms with Crippen LogP contribution in [0.5, 0.6) is 0 Å². The summed E-state index contributed by atoms with van der Waals surface area (Å²) in [6.07, 6.45) is 4.66. The normalized spacial score (nSPS) is 10.4. The highest BCUT2D eigenvalue weighted by atomic mass is 35.5. The van der Waals surface area contributed by atoms with Crippen LogP contribution in [0.15, 0.2) is 73.1 Å². The lowest BCUT2D eigenvalue weighted by atomic mass is 10.1. The van der Waals surface area contributed by atoms with Gasteiger partial charge in [0.05, 0.1) is 0 Å². The van der Waals surface area contributed by atoms with Crippen LogP contribution in [0.2, 0.25) is 5.02 Å². The molecule has 24 heavy (non-hydrogen) atoms. The summed E-state index contributed by atoms with van der Waals surface area (Å²) >= 11 is 5.86. The number of aryl methyl sites for hydroxylation is 1. The van der Waals surface area contributed by atoms with Crippen molar-refractivity contribution in [3.63, 3.8) is 0 Å². The fourth-order valence-corrected chi connectivity index (χ4v) is 2.55. The molecule has 1 N–H and O–H groups in total. The van der Waals surface area contributed by atoms with Gasteiger partial charge in [-0.3, -0.25) is 9.78 Å². The molecule has 3 rings (SSSR count). The van der Waals surface area contributed by atoms with Gasteiger partial charge in [0.25, 0.3) is 0 Å². The minimum Gasteiger partial charge on any atom is -0.326 e. The molecule has 0 aliphatic carbocycles. The smallest absolute Gasteiger partial charge is 0.224 e. The van der Waals surface area contributed by atoms with E-state index in [0.717, 1.165) is 22.4 Å². The van der Waals surface area contributed by atoms with E-state index in [-0.39, 0.29) is 5.91 Å². The maximum absolute atomic E-state index is 12.1. The highest BCUT2D eigenvalue weighted by Crippen LogP contribution is 2.20. The monoisotopic (exact) mass is 336 g/mol. The van der Waals surface area contributed by atoms with E-state index in [0.29, 0.717) is 17.9 Å². The average molecular weight is 337 g/mol. The molecule has 1 heterocycles. The average Bonchev–Trinajstić information content (AvgIpc) is 2.63. The Balaban J connectivity index is 1.55. The fourth-order valence-electron chi connectivity index (χ4n) is 2.42. The lowest BCUT2D eigenvalue weighted by Gasteiger charge is -2.07. The zero-order valence-electron chi connectivity index (χ0n) is 13.1. The second kappa shape index (κ2) is 7.75. The van der Waals surface area contributed by atoms with Gasteiger partial charge in [0.2, 0.25) is 5.91 Å². The van der Waals surface area contributed by atoms with Crippen molar-refractivity contribution in [2.75, 3.05) is 5.32 Å². The first-order chi connectivity index (χ1) is 11.7. The number of hydrogen-bond acceptors (Lipinski definition) is 2. The van der Waals surface area contributed by atoms with Gasteiger partial charge in [-0.05, 0) is 59.5 Å². The molecule has 0 atom stereocenters. The topological polar surface area (TPSA) is 42.0 Å². The zero-order valence-corrected chi connectivity index (χ0v) is 13.8. The van der Waals surface area contributed by atoms with E-state index in [9.17, 15) is 4.79 Å². The summed E-state index contributed by atoms with van der Waals surface area (Å²) < 4.78 is 0. The molecular weight excluding hydrogens is 320 g/mol. The van der Waals surface area contributed by atoms with E-state index in [2.05, 4.69) is 10.3 Å². The molecule has 0 fully saturated rings. The van der Waals surface area contributed by atoms with E-state index in [1.165, 1.54) is 0 Å². The summed E-state index contributed by atoms with van der Waals surface area (Å²) in [5.74, 6) is 0.00149. The number of pyridine rings is 1. The largest absolute Gasteiger partial charge is 0.326 e. The van der Waals surface area contributed by atoms with Crippen molar-refractivity contribution in [1.82, 2.24) is 4.98 Å². The molecule has 0 bridgehead atoms. The molecule has 0 unspecified atom stereocenters. The van der Waals surface area contributed by atoms with E-state index < -0.39 is 0 Å². The first kappa shape index (κ1) is 16.2. The molecule has 0 aliphatic rings. The van der Waals surface area contributed by atoms with E-state index >= 15 is 0 Å². The number of carbonyl (C=O) groups excluding carboxylic acids is 1. The van der Waals surface area contributed by atoms with Crippen LogP contribution < -0.4 is 5.32 Å². The third-order valence-electron chi connectivity index (χ3n) is 3.74. The summed E-state index contributed by atoms with van der Waals surface area (Å²) in [5.41, 5.74) is 4.10. The minimum absolute atomic E-state index is 0.00149. The molecule has 0 saturated heterocycles. The van der Waals surface area contributed by atoms with Crippen LogP contribution in [-0.4, -0.2) is 10.9 Å². The summed E-state index contributed by atoms with van der Waals surface area (Å²) in [6, 6.07) is 19.3. The number of nitrogens with zero attached hydrogens (tertiary/aromatic N) is 1. The molecular formula is C20H17ClN2O. The number of rotatable bonds is 5.